The number of benzene rings is 2. The molecule has 1 saturated carbocycles. The summed E-state index contributed by atoms with van der Waals surface area (Å²) < 4.78 is 5.25. The zero-order chi connectivity index (χ0) is 24.0. The van der Waals surface area contributed by atoms with Gasteiger partial charge in [0.2, 0.25) is 11.8 Å². The fourth-order valence-corrected chi connectivity index (χ4v) is 3.72. The van der Waals surface area contributed by atoms with Gasteiger partial charge in [0.25, 0.3) is 0 Å². The molecule has 7 nitrogen and oxygen atoms in total. The Balaban J connectivity index is 1.79. The summed E-state index contributed by atoms with van der Waals surface area (Å²) in [6.07, 6.45) is 0.150. The fraction of sp³-hybridized carbons (Fsp3) is 0.423. The van der Waals surface area contributed by atoms with Crippen molar-refractivity contribution in [3.8, 4) is 0 Å². The van der Waals surface area contributed by atoms with Gasteiger partial charge in [-0.1, -0.05) is 67.6 Å². The van der Waals surface area contributed by atoms with E-state index in [2.05, 4.69) is 17.6 Å². The number of carbonyl (C=O) groups is 3. The normalized spacial score (nSPS) is 18.1. The molecule has 0 radical (unpaired) electrons. The van der Waals surface area contributed by atoms with Crippen molar-refractivity contribution in [2.75, 3.05) is 6.54 Å². The van der Waals surface area contributed by atoms with Crippen molar-refractivity contribution >= 4 is 17.9 Å². The molecule has 2 aromatic carbocycles. The van der Waals surface area contributed by atoms with Crippen LogP contribution in [0.4, 0.5) is 4.79 Å². The van der Waals surface area contributed by atoms with Gasteiger partial charge >= 0.3 is 6.09 Å². The Morgan fingerprint density at radius 3 is 2.12 bits per heavy atom. The van der Waals surface area contributed by atoms with Gasteiger partial charge in [-0.25, -0.2) is 4.79 Å². The molecule has 3 atom stereocenters. The van der Waals surface area contributed by atoms with E-state index >= 15 is 0 Å². The van der Waals surface area contributed by atoms with Crippen LogP contribution in [0.1, 0.15) is 51.3 Å². The number of rotatable bonds is 8. The van der Waals surface area contributed by atoms with Crippen LogP contribution in [-0.4, -0.2) is 41.0 Å². The molecule has 176 valence electrons. The van der Waals surface area contributed by atoms with Gasteiger partial charge in [0, 0.05) is 12.6 Å². The van der Waals surface area contributed by atoms with E-state index in [9.17, 15) is 14.4 Å². The molecular weight excluding hydrogens is 418 g/mol. The van der Waals surface area contributed by atoms with E-state index in [1.165, 1.54) is 0 Å². The maximum atomic E-state index is 13.4. The van der Waals surface area contributed by atoms with Crippen LogP contribution in [0.5, 0.6) is 0 Å². The third-order valence-electron chi connectivity index (χ3n) is 5.45. The van der Waals surface area contributed by atoms with Crippen LogP contribution >= 0.6 is 0 Å². The predicted octanol–water partition coefficient (Wildman–Crippen LogP) is 3.81. The molecule has 2 N–H and O–H groups in total. The maximum absolute atomic E-state index is 13.4. The van der Waals surface area contributed by atoms with Crippen LogP contribution in [0, 0.1) is 5.92 Å². The SMILES string of the molecule is CC1CC1N(C(=O)CNC(=O)OC(C)(C)C)C(C(=O)NCc1ccccc1)c1ccccc1. The van der Waals surface area contributed by atoms with E-state index in [1.54, 1.807) is 25.7 Å². The highest BCUT2D eigenvalue weighted by atomic mass is 16.6. The minimum Gasteiger partial charge on any atom is -0.444 e. The first-order chi connectivity index (χ1) is 15.7. The van der Waals surface area contributed by atoms with Crippen molar-refractivity contribution in [3.05, 3.63) is 71.8 Å². The smallest absolute Gasteiger partial charge is 0.408 e. The van der Waals surface area contributed by atoms with Crippen LogP contribution in [0.3, 0.4) is 0 Å². The minimum atomic E-state index is -0.794. The Bertz CT molecular complexity index is 957. The predicted molar refractivity (Wildman–Crippen MR) is 126 cm³/mol. The maximum Gasteiger partial charge on any atom is 0.408 e. The average molecular weight is 452 g/mol. The number of carbonyl (C=O) groups excluding carboxylic acids is 3. The van der Waals surface area contributed by atoms with Crippen LogP contribution < -0.4 is 10.6 Å². The second-order valence-corrected chi connectivity index (χ2v) is 9.45. The van der Waals surface area contributed by atoms with E-state index in [0.29, 0.717) is 6.54 Å². The summed E-state index contributed by atoms with van der Waals surface area (Å²) in [6.45, 7) is 7.45. The molecule has 0 saturated heterocycles. The largest absolute Gasteiger partial charge is 0.444 e. The van der Waals surface area contributed by atoms with E-state index < -0.39 is 17.7 Å². The topological polar surface area (TPSA) is 87.7 Å². The summed E-state index contributed by atoms with van der Waals surface area (Å²) in [4.78, 5) is 40.4. The zero-order valence-corrected chi connectivity index (χ0v) is 19.7. The second-order valence-electron chi connectivity index (χ2n) is 9.45. The summed E-state index contributed by atoms with van der Waals surface area (Å²) in [5.41, 5.74) is 1.04. The third-order valence-corrected chi connectivity index (χ3v) is 5.45. The van der Waals surface area contributed by atoms with Gasteiger partial charge in [-0.3, -0.25) is 9.59 Å². The van der Waals surface area contributed by atoms with Crippen LogP contribution in [-0.2, 0) is 20.9 Å². The third kappa shape index (κ3) is 7.07. The number of nitrogens with zero attached hydrogens (tertiary/aromatic N) is 1. The number of hydrogen-bond acceptors (Lipinski definition) is 4. The zero-order valence-electron chi connectivity index (χ0n) is 19.7. The molecule has 0 bridgehead atoms. The summed E-state index contributed by atoms with van der Waals surface area (Å²) in [5.74, 6) is -0.294. The molecule has 0 aliphatic heterocycles. The Hall–Kier alpha value is -3.35. The fourth-order valence-electron chi connectivity index (χ4n) is 3.72. The molecular formula is C26H33N3O4. The molecule has 3 unspecified atom stereocenters. The average Bonchev–Trinajstić information content (AvgIpc) is 3.50. The minimum absolute atomic E-state index is 0.0642. The molecule has 0 aromatic heterocycles. The molecule has 0 heterocycles. The Morgan fingerprint density at radius 1 is 1.00 bits per heavy atom. The lowest BCUT2D eigenvalue weighted by atomic mass is 10.0. The lowest BCUT2D eigenvalue weighted by Crippen LogP contribution is -2.49. The van der Waals surface area contributed by atoms with Crippen molar-refractivity contribution < 1.29 is 19.1 Å². The first-order valence-electron chi connectivity index (χ1n) is 11.3. The van der Waals surface area contributed by atoms with Crippen LogP contribution in [0.15, 0.2) is 60.7 Å². The molecule has 33 heavy (non-hydrogen) atoms. The van der Waals surface area contributed by atoms with Crippen molar-refractivity contribution in [2.24, 2.45) is 5.92 Å². The van der Waals surface area contributed by atoms with Gasteiger partial charge in [-0.05, 0) is 44.2 Å². The van der Waals surface area contributed by atoms with E-state index in [0.717, 1.165) is 17.5 Å². The van der Waals surface area contributed by atoms with Crippen molar-refractivity contribution in [2.45, 2.75) is 58.3 Å². The van der Waals surface area contributed by atoms with Crippen molar-refractivity contribution in [1.29, 1.82) is 0 Å². The van der Waals surface area contributed by atoms with Gasteiger partial charge in [0.15, 0.2) is 0 Å². The molecule has 1 aliphatic rings. The number of ether oxygens (including phenoxy) is 1. The van der Waals surface area contributed by atoms with Gasteiger partial charge in [0.1, 0.15) is 18.2 Å². The van der Waals surface area contributed by atoms with E-state index in [1.807, 2.05) is 60.7 Å². The Labute approximate surface area is 195 Å². The molecule has 3 amide bonds. The van der Waals surface area contributed by atoms with Gasteiger partial charge in [-0.15, -0.1) is 0 Å². The monoisotopic (exact) mass is 451 g/mol. The van der Waals surface area contributed by atoms with Gasteiger partial charge < -0.3 is 20.3 Å². The van der Waals surface area contributed by atoms with Crippen molar-refractivity contribution in [3.63, 3.8) is 0 Å². The summed E-state index contributed by atoms with van der Waals surface area (Å²) >= 11 is 0. The highest BCUT2D eigenvalue weighted by molar-refractivity contribution is 5.91. The number of hydrogen-bond donors (Lipinski definition) is 2. The highest BCUT2D eigenvalue weighted by Crippen LogP contribution is 2.40. The quantitative estimate of drug-likeness (QED) is 0.639. The Morgan fingerprint density at radius 2 is 1.58 bits per heavy atom. The number of amides is 3. The summed E-state index contributed by atoms with van der Waals surface area (Å²) in [6, 6.07) is 18.0. The molecule has 1 aliphatic carbocycles. The molecule has 1 fully saturated rings. The van der Waals surface area contributed by atoms with Crippen LogP contribution in [0.25, 0.3) is 0 Å². The molecule has 3 rings (SSSR count). The summed E-state index contributed by atoms with van der Waals surface area (Å²) in [5, 5.41) is 5.52. The van der Waals surface area contributed by atoms with Crippen LogP contribution in [0.2, 0.25) is 0 Å². The molecule has 7 heteroatoms. The van der Waals surface area contributed by atoms with E-state index in [4.69, 9.17) is 4.74 Å². The van der Waals surface area contributed by atoms with E-state index in [-0.39, 0.29) is 30.3 Å². The summed E-state index contributed by atoms with van der Waals surface area (Å²) in [7, 11) is 0. The number of nitrogens with one attached hydrogen (secondary N) is 2. The van der Waals surface area contributed by atoms with Gasteiger partial charge in [-0.2, -0.15) is 0 Å². The standard InChI is InChI=1S/C26H33N3O4/c1-18-15-21(18)29(22(30)17-28-25(32)33-26(2,3)4)23(20-13-9-6-10-14-20)24(31)27-16-19-11-7-5-8-12-19/h5-14,18,21,23H,15-17H2,1-4H3,(H,27,31)(H,28,32). The second kappa shape index (κ2) is 10.5. The molecule has 0 spiro atoms. The first kappa shape index (κ1) is 24.3. The van der Waals surface area contributed by atoms with Crippen molar-refractivity contribution in [1.82, 2.24) is 15.5 Å². The highest BCUT2D eigenvalue weighted by Gasteiger charge is 2.46. The molecule has 2 aromatic rings. The lowest BCUT2D eigenvalue weighted by molar-refractivity contribution is -0.141. The number of alkyl carbamates (subject to hydrolysis) is 1. The first-order valence-corrected chi connectivity index (χ1v) is 11.3. The van der Waals surface area contributed by atoms with Gasteiger partial charge in [0.05, 0.1) is 0 Å². The Kier molecular flexibility index (Phi) is 7.74. The lowest BCUT2D eigenvalue weighted by Gasteiger charge is -2.32.